The van der Waals surface area contributed by atoms with Crippen LogP contribution in [0.25, 0.3) is 11.1 Å². The smallest absolute Gasteiger partial charge is 0.219 e. The number of amides is 1. The average Bonchev–Trinajstić information content (AvgIpc) is 3.25. The van der Waals surface area contributed by atoms with Crippen LogP contribution < -0.4 is 4.90 Å². The first-order valence-electron chi connectivity index (χ1n) is 13.4. The molecule has 188 valence electrons. The number of carbonyl (C=O) groups excluding carboxylic acids is 1. The molecule has 1 aliphatic carbocycles. The molecule has 0 spiro atoms. The van der Waals surface area contributed by atoms with Crippen LogP contribution in [0, 0.1) is 11.8 Å². The largest absolute Gasteiger partial charge is 0.379 e. The molecule has 3 aliphatic heterocycles. The zero-order valence-electron chi connectivity index (χ0n) is 21.2. The van der Waals surface area contributed by atoms with Crippen molar-refractivity contribution in [1.29, 1.82) is 0 Å². The molecule has 36 heavy (non-hydrogen) atoms. The van der Waals surface area contributed by atoms with Crippen molar-refractivity contribution in [2.45, 2.75) is 51.6 Å². The molecule has 8 heteroatoms. The summed E-state index contributed by atoms with van der Waals surface area (Å²) in [6, 6.07) is 7.14. The van der Waals surface area contributed by atoms with Crippen LogP contribution in [-0.4, -0.2) is 56.7 Å². The Balaban J connectivity index is 1.33. The lowest BCUT2D eigenvalue weighted by Crippen LogP contribution is -2.37. The highest BCUT2D eigenvalue weighted by molar-refractivity contribution is 5.76. The Kier molecular flexibility index (Phi) is 5.20. The van der Waals surface area contributed by atoms with Gasteiger partial charge >= 0.3 is 0 Å². The minimum atomic E-state index is 0.138. The predicted molar refractivity (Wildman–Crippen MR) is 137 cm³/mol. The van der Waals surface area contributed by atoms with E-state index in [4.69, 9.17) is 9.84 Å². The van der Waals surface area contributed by atoms with Crippen LogP contribution in [0.15, 0.2) is 30.6 Å². The van der Waals surface area contributed by atoms with Crippen LogP contribution >= 0.6 is 0 Å². The summed E-state index contributed by atoms with van der Waals surface area (Å²) < 4.78 is 9.85. The summed E-state index contributed by atoms with van der Waals surface area (Å²) >= 11 is 0. The molecule has 0 N–H and O–H groups in total. The zero-order chi connectivity index (χ0) is 24.4. The Hall–Kier alpha value is -3.13. The maximum absolute atomic E-state index is 12.3. The van der Waals surface area contributed by atoms with Crippen molar-refractivity contribution in [3.05, 3.63) is 47.4 Å². The maximum Gasteiger partial charge on any atom is 0.219 e. The van der Waals surface area contributed by atoms with Gasteiger partial charge in [0.05, 0.1) is 25.4 Å². The van der Waals surface area contributed by atoms with Crippen molar-refractivity contribution in [1.82, 2.24) is 24.5 Å². The summed E-state index contributed by atoms with van der Waals surface area (Å²) in [6.07, 6.45) is 9.66. The van der Waals surface area contributed by atoms with Crippen LogP contribution in [0.5, 0.6) is 0 Å². The Morgan fingerprint density at radius 3 is 2.75 bits per heavy atom. The lowest BCUT2D eigenvalue weighted by molar-refractivity contribution is -0.129. The van der Waals surface area contributed by atoms with Crippen LogP contribution in [-0.2, 0) is 36.0 Å². The summed E-state index contributed by atoms with van der Waals surface area (Å²) in [7, 11) is 1.96. The van der Waals surface area contributed by atoms with Gasteiger partial charge in [0.15, 0.2) is 5.82 Å². The summed E-state index contributed by atoms with van der Waals surface area (Å²) in [5.74, 6) is 2.62. The first-order valence-corrected chi connectivity index (χ1v) is 13.4. The number of hydrogen-bond acceptors (Lipinski definition) is 5. The van der Waals surface area contributed by atoms with Gasteiger partial charge in [0.25, 0.3) is 0 Å². The van der Waals surface area contributed by atoms with Crippen LogP contribution in [0.3, 0.4) is 0 Å². The maximum atomic E-state index is 12.3. The quantitative estimate of drug-likeness (QED) is 0.560. The zero-order valence-corrected chi connectivity index (χ0v) is 21.2. The number of nitrogens with zero attached hydrogens (tertiary/aromatic N) is 6. The van der Waals surface area contributed by atoms with Crippen LogP contribution in [0.2, 0.25) is 0 Å². The monoisotopic (exact) mass is 486 g/mol. The number of anilines is 2. The number of hydrogen-bond donors (Lipinski definition) is 0. The van der Waals surface area contributed by atoms with E-state index in [2.05, 4.69) is 39.1 Å². The van der Waals surface area contributed by atoms with Gasteiger partial charge < -0.3 is 14.5 Å². The fraction of sp³-hybridized carbons (Fsp3) is 0.536. The lowest BCUT2D eigenvalue weighted by Gasteiger charge is -2.36. The molecule has 1 aromatic carbocycles. The summed E-state index contributed by atoms with van der Waals surface area (Å²) in [6.45, 7) is 5.59. The summed E-state index contributed by atoms with van der Waals surface area (Å²) in [5, 5.41) is 9.68. The normalized spacial score (nSPS) is 23.6. The van der Waals surface area contributed by atoms with Crippen LogP contribution in [0.1, 0.15) is 49.0 Å². The second-order valence-corrected chi connectivity index (χ2v) is 11.1. The molecule has 0 radical (unpaired) electrons. The van der Waals surface area contributed by atoms with E-state index in [1.807, 2.05) is 22.8 Å². The second kappa shape index (κ2) is 8.47. The number of carbonyl (C=O) groups is 1. The third kappa shape index (κ3) is 3.74. The van der Waals surface area contributed by atoms with E-state index in [0.717, 1.165) is 62.9 Å². The highest BCUT2D eigenvalue weighted by atomic mass is 16.5. The molecule has 3 aromatic rings. The van der Waals surface area contributed by atoms with Gasteiger partial charge in [-0.05, 0) is 60.8 Å². The molecule has 7 rings (SSSR count). The fourth-order valence-corrected chi connectivity index (χ4v) is 6.46. The van der Waals surface area contributed by atoms with E-state index < -0.39 is 0 Å². The van der Waals surface area contributed by atoms with E-state index in [0.29, 0.717) is 12.5 Å². The molecule has 0 bridgehead atoms. The van der Waals surface area contributed by atoms with Gasteiger partial charge in [-0.25, -0.2) is 0 Å². The third-order valence-electron chi connectivity index (χ3n) is 8.61. The number of fused-ring (bicyclic) bond motifs is 2. The SMILES string of the molecule is CC(=O)N1CCc2c(c(N3CC(C4CC4)Cc4cc(-c5cnn(C)c5)ccc43)nn2C2CCOC2)C1. The highest BCUT2D eigenvalue weighted by Gasteiger charge is 2.39. The topological polar surface area (TPSA) is 68.4 Å². The summed E-state index contributed by atoms with van der Waals surface area (Å²) in [5.41, 5.74) is 7.54. The van der Waals surface area contributed by atoms with E-state index in [9.17, 15) is 4.79 Å². The summed E-state index contributed by atoms with van der Waals surface area (Å²) in [4.78, 5) is 16.8. The minimum absolute atomic E-state index is 0.138. The molecule has 1 saturated carbocycles. The molecule has 2 atom stereocenters. The van der Waals surface area contributed by atoms with Gasteiger partial charge in [0.1, 0.15) is 0 Å². The standard InChI is InChI=1S/C28H34N6O2/c1-18(35)32-9-7-27-25(16-32)28(30-34(27)24-8-10-36-17-24)33-15-22(19-3-4-19)12-21-11-20(5-6-26(21)33)23-13-29-31(2)14-23/h5-6,11,13-14,19,22,24H,3-4,7-10,12,15-17H2,1-2H3. The first kappa shape index (κ1) is 22.1. The second-order valence-electron chi connectivity index (χ2n) is 11.1. The fourth-order valence-electron chi connectivity index (χ4n) is 6.46. The molecule has 8 nitrogen and oxygen atoms in total. The first-order chi connectivity index (χ1) is 17.5. The molecule has 2 unspecified atom stereocenters. The van der Waals surface area contributed by atoms with Crippen molar-refractivity contribution in [3.63, 3.8) is 0 Å². The Bertz CT molecular complexity index is 1320. The van der Waals surface area contributed by atoms with E-state index in [1.54, 1.807) is 6.92 Å². The molecule has 1 amide bonds. The molecule has 2 fully saturated rings. The number of aromatic nitrogens is 4. The van der Waals surface area contributed by atoms with Crippen molar-refractivity contribution in [3.8, 4) is 11.1 Å². The molecule has 1 saturated heterocycles. The lowest BCUT2D eigenvalue weighted by atomic mass is 9.87. The van der Waals surface area contributed by atoms with Crippen molar-refractivity contribution in [2.75, 3.05) is 31.2 Å². The van der Waals surface area contributed by atoms with Gasteiger partial charge in [-0.1, -0.05) is 6.07 Å². The van der Waals surface area contributed by atoms with Gasteiger partial charge in [-0.3, -0.25) is 14.2 Å². The molecule has 4 aliphatic rings. The van der Waals surface area contributed by atoms with Crippen molar-refractivity contribution >= 4 is 17.4 Å². The molecule has 5 heterocycles. The number of ether oxygens (including phenoxy) is 1. The molecular weight excluding hydrogens is 452 g/mol. The minimum Gasteiger partial charge on any atom is -0.379 e. The van der Waals surface area contributed by atoms with Gasteiger partial charge in [0, 0.05) is 68.8 Å². The average molecular weight is 487 g/mol. The number of benzene rings is 1. The Morgan fingerprint density at radius 1 is 1.14 bits per heavy atom. The van der Waals surface area contributed by atoms with Gasteiger partial charge in [-0.2, -0.15) is 10.2 Å². The van der Waals surface area contributed by atoms with Gasteiger partial charge in [-0.15, -0.1) is 0 Å². The van der Waals surface area contributed by atoms with E-state index in [-0.39, 0.29) is 11.9 Å². The third-order valence-corrected chi connectivity index (χ3v) is 8.61. The van der Waals surface area contributed by atoms with Gasteiger partial charge in [0.2, 0.25) is 5.91 Å². The van der Waals surface area contributed by atoms with E-state index >= 15 is 0 Å². The number of aryl methyl sites for hydroxylation is 1. The Morgan fingerprint density at radius 2 is 2.03 bits per heavy atom. The van der Waals surface area contributed by atoms with Crippen LogP contribution in [0.4, 0.5) is 11.5 Å². The number of rotatable bonds is 4. The predicted octanol–water partition coefficient (Wildman–Crippen LogP) is 3.87. The molecular formula is C28H34N6O2. The Labute approximate surface area is 211 Å². The highest BCUT2D eigenvalue weighted by Crippen LogP contribution is 2.47. The molecule has 2 aromatic heterocycles. The van der Waals surface area contributed by atoms with E-state index in [1.165, 1.54) is 40.9 Å². The van der Waals surface area contributed by atoms with Crippen molar-refractivity contribution in [2.24, 2.45) is 18.9 Å². The van der Waals surface area contributed by atoms with Crippen molar-refractivity contribution < 1.29 is 9.53 Å².